The van der Waals surface area contributed by atoms with E-state index < -0.39 is 0 Å². The van der Waals surface area contributed by atoms with Crippen molar-refractivity contribution in [3.63, 3.8) is 0 Å². The van der Waals surface area contributed by atoms with Gasteiger partial charge in [0.2, 0.25) is 5.91 Å². The van der Waals surface area contributed by atoms with Crippen molar-refractivity contribution >= 4 is 5.91 Å². The molecule has 132 valence electrons. The maximum Gasteiger partial charge on any atom is 0.225 e. The zero-order valence-electron chi connectivity index (χ0n) is 14.7. The van der Waals surface area contributed by atoms with Gasteiger partial charge < -0.3 is 14.4 Å². The van der Waals surface area contributed by atoms with E-state index in [1.54, 1.807) is 0 Å². The molecule has 4 nitrogen and oxygen atoms in total. The molecule has 3 fully saturated rings. The third kappa shape index (κ3) is 4.48. The average molecular weight is 323 g/mol. The molecule has 0 radical (unpaired) electrons. The SMILES string of the molecule is CCCCC1CCC(C(=O)N2CCC(C3OCCO3)CC2)CC1. The van der Waals surface area contributed by atoms with Gasteiger partial charge in [0.25, 0.3) is 0 Å². The largest absolute Gasteiger partial charge is 0.350 e. The summed E-state index contributed by atoms with van der Waals surface area (Å²) < 4.78 is 11.2. The van der Waals surface area contributed by atoms with E-state index in [2.05, 4.69) is 11.8 Å². The number of nitrogens with zero attached hydrogens (tertiary/aromatic N) is 1. The Morgan fingerprint density at radius 3 is 2.26 bits per heavy atom. The van der Waals surface area contributed by atoms with Gasteiger partial charge in [-0.3, -0.25) is 4.79 Å². The van der Waals surface area contributed by atoms with Gasteiger partial charge in [0, 0.05) is 24.9 Å². The lowest BCUT2D eigenvalue weighted by Gasteiger charge is -2.37. The zero-order valence-corrected chi connectivity index (χ0v) is 14.7. The molecule has 0 aromatic rings. The van der Waals surface area contributed by atoms with Gasteiger partial charge in [-0.2, -0.15) is 0 Å². The molecule has 23 heavy (non-hydrogen) atoms. The number of hydrogen-bond donors (Lipinski definition) is 0. The smallest absolute Gasteiger partial charge is 0.225 e. The second-order valence-corrected chi connectivity index (χ2v) is 7.63. The summed E-state index contributed by atoms with van der Waals surface area (Å²) >= 11 is 0. The lowest BCUT2D eigenvalue weighted by atomic mass is 9.79. The summed E-state index contributed by atoms with van der Waals surface area (Å²) in [6.45, 7) is 5.50. The first-order valence-electron chi connectivity index (χ1n) is 9.80. The van der Waals surface area contributed by atoms with E-state index in [0.29, 0.717) is 17.7 Å². The predicted octanol–water partition coefficient (Wildman–Crippen LogP) is 3.59. The van der Waals surface area contributed by atoms with Crippen molar-refractivity contribution in [3.05, 3.63) is 0 Å². The lowest BCUT2D eigenvalue weighted by Crippen LogP contribution is -2.44. The molecule has 2 aliphatic heterocycles. The summed E-state index contributed by atoms with van der Waals surface area (Å²) in [6, 6.07) is 0. The van der Waals surface area contributed by atoms with Gasteiger partial charge in [0.05, 0.1) is 13.2 Å². The van der Waals surface area contributed by atoms with Gasteiger partial charge in [-0.1, -0.05) is 26.2 Å². The minimum absolute atomic E-state index is 0.0127. The van der Waals surface area contributed by atoms with Crippen LogP contribution in [0.4, 0.5) is 0 Å². The lowest BCUT2D eigenvalue weighted by molar-refractivity contribution is -0.142. The molecular weight excluding hydrogens is 290 g/mol. The molecule has 2 heterocycles. The third-order valence-electron chi connectivity index (χ3n) is 6.05. The summed E-state index contributed by atoms with van der Waals surface area (Å²) in [5.41, 5.74) is 0. The predicted molar refractivity (Wildman–Crippen MR) is 90.0 cm³/mol. The summed E-state index contributed by atoms with van der Waals surface area (Å²) in [6.07, 6.45) is 10.8. The molecule has 3 rings (SSSR count). The number of amides is 1. The first-order valence-corrected chi connectivity index (χ1v) is 9.80. The number of rotatable bonds is 5. The molecule has 0 aromatic carbocycles. The van der Waals surface area contributed by atoms with E-state index in [9.17, 15) is 4.79 Å². The fraction of sp³-hybridized carbons (Fsp3) is 0.947. The summed E-state index contributed by atoms with van der Waals surface area (Å²) in [5.74, 6) is 2.07. The molecule has 0 N–H and O–H groups in total. The summed E-state index contributed by atoms with van der Waals surface area (Å²) in [7, 11) is 0. The summed E-state index contributed by atoms with van der Waals surface area (Å²) in [4.78, 5) is 14.9. The van der Waals surface area contributed by atoms with Crippen LogP contribution in [0.15, 0.2) is 0 Å². The molecule has 4 heteroatoms. The van der Waals surface area contributed by atoms with E-state index in [1.807, 2.05) is 0 Å². The van der Waals surface area contributed by atoms with Crippen LogP contribution in [0.25, 0.3) is 0 Å². The normalized spacial score (nSPS) is 30.7. The number of carbonyl (C=O) groups excluding carboxylic acids is 1. The Balaban J connectivity index is 1.39. The number of carbonyl (C=O) groups is 1. The molecule has 0 spiro atoms. The highest BCUT2D eigenvalue weighted by molar-refractivity contribution is 5.79. The highest BCUT2D eigenvalue weighted by Gasteiger charge is 2.34. The highest BCUT2D eigenvalue weighted by Crippen LogP contribution is 2.34. The van der Waals surface area contributed by atoms with E-state index in [1.165, 1.54) is 32.1 Å². The van der Waals surface area contributed by atoms with E-state index in [4.69, 9.17) is 9.47 Å². The van der Waals surface area contributed by atoms with Gasteiger partial charge in [0.15, 0.2) is 6.29 Å². The van der Waals surface area contributed by atoms with Crippen molar-refractivity contribution in [1.29, 1.82) is 0 Å². The first-order chi connectivity index (χ1) is 11.3. The Morgan fingerprint density at radius 2 is 1.65 bits per heavy atom. The topological polar surface area (TPSA) is 38.8 Å². The first kappa shape index (κ1) is 17.2. The van der Waals surface area contributed by atoms with Crippen LogP contribution in [0.1, 0.15) is 64.7 Å². The molecule has 1 amide bonds. The molecule has 2 saturated heterocycles. The molecule has 0 unspecified atom stereocenters. The van der Waals surface area contributed by atoms with E-state index in [-0.39, 0.29) is 6.29 Å². The molecular formula is C19H33NO3. The maximum atomic E-state index is 12.8. The number of likely N-dealkylation sites (tertiary alicyclic amines) is 1. The maximum absolute atomic E-state index is 12.8. The zero-order chi connectivity index (χ0) is 16.1. The number of piperidine rings is 1. The van der Waals surface area contributed by atoms with E-state index >= 15 is 0 Å². The van der Waals surface area contributed by atoms with Crippen LogP contribution in [0.3, 0.4) is 0 Å². The number of ether oxygens (including phenoxy) is 2. The Labute approximate surface area is 140 Å². The molecule has 0 atom stereocenters. The minimum Gasteiger partial charge on any atom is -0.350 e. The van der Waals surface area contributed by atoms with E-state index in [0.717, 1.165) is 57.9 Å². The van der Waals surface area contributed by atoms with Crippen LogP contribution in [-0.4, -0.2) is 43.4 Å². The second-order valence-electron chi connectivity index (χ2n) is 7.63. The number of unbranched alkanes of at least 4 members (excludes halogenated alkanes) is 1. The van der Waals surface area contributed by atoms with Crippen molar-refractivity contribution in [1.82, 2.24) is 4.90 Å². The standard InChI is InChI=1S/C19H33NO3/c1-2-3-4-15-5-7-16(8-6-15)18(21)20-11-9-17(10-12-20)19-22-13-14-23-19/h15-17,19H,2-14H2,1H3. The van der Waals surface area contributed by atoms with Gasteiger partial charge in [-0.05, 0) is 44.4 Å². The Morgan fingerprint density at radius 1 is 1.00 bits per heavy atom. The van der Waals surface area contributed by atoms with Crippen LogP contribution in [0.5, 0.6) is 0 Å². The molecule has 1 aliphatic carbocycles. The minimum atomic E-state index is -0.0127. The van der Waals surface area contributed by atoms with Crippen LogP contribution in [-0.2, 0) is 14.3 Å². The Bertz CT molecular complexity index is 365. The number of hydrogen-bond acceptors (Lipinski definition) is 3. The molecule has 3 aliphatic rings. The van der Waals surface area contributed by atoms with Crippen molar-refractivity contribution in [2.24, 2.45) is 17.8 Å². The van der Waals surface area contributed by atoms with Gasteiger partial charge in [-0.25, -0.2) is 0 Å². The fourth-order valence-electron chi connectivity index (χ4n) is 4.49. The van der Waals surface area contributed by atoms with Crippen LogP contribution in [0, 0.1) is 17.8 Å². The van der Waals surface area contributed by atoms with Crippen LogP contribution >= 0.6 is 0 Å². The van der Waals surface area contributed by atoms with Crippen molar-refractivity contribution < 1.29 is 14.3 Å². The van der Waals surface area contributed by atoms with Crippen molar-refractivity contribution in [2.45, 2.75) is 71.0 Å². The van der Waals surface area contributed by atoms with Gasteiger partial charge in [0.1, 0.15) is 0 Å². The quantitative estimate of drug-likeness (QED) is 0.776. The highest BCUT2D eigenvalue weighted by atomic mass is 16.7. The fourth-order valence-corrected chi connectivity index (χ4v) is 4.49. The Hall–Kier alpha value is -0.610. The molecule has 0 bridgehead atoms. The molecule has 0 aromatic heterocycles. The van der Waals surface area contributed by atoms with Crippen molar-refractivity contribution in [2.75, 3.05) is 26.3 Å². The van der Waals surface area contributed by atoms with Crippen molar-refractivity contribution in [3.8, 4) is 0 Å². The monoisotopic (exact) mass is 323 g/mol. The average Bonchev–Trinajstić information content (AvgIpc) is 3.14. The Kier molecular flexibility index (Phi) is 6.35. The van der Waals surface area contributed by atoms with Crippen LogP contribution in [0.2, 0.25) is 0 Å². The second kappa shape index (κ2) is 8.48. The van der Waals surface area contributed by atoms with Gasteiger partial charge in [-0.15, -0.1) is 0 Å². The molecule has 1 saturated carbocycles. The van der Waals surface area contributed by atoms with Gasteiger partial charge >= 0.3 is 0 Å². The van der Waals surface area contributed by atoms with Crippen LogP contribution < -0.4 is 0 Å². The third-order valence-corrected chi connectivity index (χ3v) is 6.05. The summed E-state index contributed by atoms with van der Waals surface area (Å²) in [5, 5.41) is 0.